The molecule has 2 aromatic rings. The molecule has 4 nitrogen and oxygen atoms in total. The van der Waals surface area contributed by atoms with E-state index in [0.29, 0.717) is 23.3 Å². The highest BCUT2D eigenvalue weighted by atomic mass is 79.9. The van der Waals surface area contributed by atoms with Crippen molar-refractivity contribution in [3.63, 3.8) is 0 Å². The molecule has 1 aromatic heterocycles. The van der Waals surface area contributed by atoms with Gasteiger partial charge in [-0.3, -0.25) is 4.79 Å². The summed E-state index contributed by atoms with van der Waals surface area (Å²) in [7, 11) is 1.77. The van der Waals surface area contributed by atoms with E-state index in [0.717, 1.165) is 12.2 Å². The van der Waals surface area contributed by atoms with Gasteiger partial charge in [0.15, 0.2) is 0 Å². The number of halogens is 1. The molecule has 2 rings (SSSR count). The van der Waals surface area contributed by atoms with Gasteiger partial charge in [0.1, 0.15) is 11.4 Å². The maximum Gasteiger partial charge on any atom is 0.273 e. The van der Waals surface area contributed by atoms with E-state index in [1.54, 1.807) is 24.2 Å². The highest BCUT2D eigenvalue weighted by Crippen LogP contribution is 2.15. The Labute approximate surface area is 132 Å². The molecule has 1 amide bonds. The lowest BCUT2D eigenvalue weighted by molar-refractivity contribution is 0.0781. The maximum atomic E-state index is 12.2. The first kappa shape index (κ1) is 15.5. The van der Waals surface area contributed by atoms with Crippen molar-refractivity contribution in [2.45, 2.75) is 6.42 Å². The largest absolute Gasteiger partial charge is 0.494 e. The number of benzene rings is 1. The number of carbonyl (C=O) groups is 1. The van der Waals surface area contributed by atoms with Crippen LogP contribution in [0.1, 0.15) is 16.9 Å². The summed E-state index contributed by atoms with van der Waals surface area (Å²) < 4.78 is 6.31. The molecule has 0 bridgehead atoms. The van der Waals surface area contributed by atoms with Crippen LogP contribution < -0.4 is 4.74 Å². The summed E-state index contributed by atoms with van der Waals surface area (Å²) in [5, 5.41) is 0. The van der Waals surface area contributed by atoms with Crippen LogP contribution in [0.2, 0.25) is 0 Å². The monoisotopic (exact) mass is 348 g/mol. The number of hydrogen-bond donors (Lipinski definition) is 0. The van der Waals surface area contributed by atoms with Crippen LogP contribution in [0.25, 0.3) is 0 Å². The van der Waals surface area contributed by atoms with E-state index in [-0.39, 0.29) is 5.91 Å². The summed E-state index contributed by atoms with van der Waals surface area (Å²) in [5.74, 6) is 0.751. The number of pyridine rings is 1. The number of nitrogens with zero attached hydrogens (tertiary/aromatic N) is 2. The molecular formula is C16H17BrN2O2. The minimum Gasteiger partial charge on any atom is -0.494 e. The van der Waals surface area contributed by atoms with Gasteiger partial charge >= 0.3 is 0 Å². The fourth-order valence-electron chi connectivity index (χ4n) is 1.83. The molecule has 0 saturated carbocycles. The van der Waals surface area contributed by atoms with E-state index in [2.05, 4.69) is 20.9 Å². The first-order valence-electron chi connectivity index (χ1n) is 6.72. The molecule has 0 fully saturated rings. The van der Waals surface area contributed by atoms with Gasteiger partial charge in [-0.1, -0.05) is 18.2 Å². The van der Waals surface area contributed by atoms with E-state index in [1.807, 2.05) is 36.4 Å². The highest BCUT2D eigenvalue weighted by molar-refractivity contribution is 9.10. The Morgan fingerprint density at radius 1 is 1.24 bits per heavy atom. The molecule has 0 atom stereocenters. The SMILES string of the molecule is CN(CCCOc1ccccc1)C(=O)c1ncccc1Br. The first-order chi connectivity index (χ1) is 10.2. The summed E-state index contributed by atoms with van der Waals surface area (Å²) in [4.78, 5) is 18.0. The third kappa shape index (κ3) is 4.56. The molecule has 110 valence electrons. The predicted molar refractivity (Wildman–Crippen MR) is 85.5 cm³/mol. The quantitative estimate of drug-likeness (QED) is 0.751. The van der Waals surface area contributed by atoms with E-state index in [4.69, 9.17) is 4.74 Å². The van der Waals surface area contributed by atoms with Crippen molar-refractivity contribution < 1.29 is 9.53 Å². The van der Waals surface area contributed by atoms with Gasteiger partial charge in [0, 0.05) is 24.3 Å². The smallest absolute Gasteiger partial charge is 0.273 e. The average molecular weight is 349 g/mol. The molecule has 5 heteroatoms. The Kier molecular flexibility index (Phi) is 5.75. The van der Waals surface area contributed by atoms with Crippen molar-refractivity contribution in [3.8, 4) is 5.75 Å². The molecule has 0 N–H and O–H groups in total. The topological polar surface area (TPSA) is 42.4 Å². The number of amides is 1. The van der Waals surface area contributed by atoms with E-state index >= 15 is 0 Å². The lowest BCUT2D eigenvalue weighted by Gasteiger charge is -2.17. The molecular weight excluding hydrogens is 332 g/mol. The number of para-hydroxylation sites is 1. The van der Waals surface area contributed by atoms with Crippen LogP contribution in [0.5, 0.6) is 5.75 Å². The van der Waals surface area contributed by atoms with Crippen LogP contribution in [0.3, 0.4) is 0 Å². The second kappa shape index (κ2) is 7.78. The van der Waals surface area contributed by atoms with Gasteiger partial charge in [0.05, 0.1) is 6.61 Å². The zero-order valence-corrected chi connectivity index (χ0v) is 13.4. The van der Waals surface area contributed by atoms with Gasteiger partial charge in [-0.2, -0.15) is 0 Å². The number of hydrogen-bond acceptors (Lipinski definition) is 3. The van der Waals surface area contributed by atoms with E-state index in [1.165, 1.54) is 0 Å². The van der Waals surface area contributed by atoms with Crippen LogP contribution >= 0.6 is 15.9 Å². The summed E-state index contributed by atoms with van der Waals surface area (Å²) in [6, 6.07) is 13.2. The van der Waals surface area contributed by atoms with Crippen LogP contribution in [-0.4, -0.2) is 36.0 Å². The molecule has 0 unspecified atom stereocenters. The highest BCUT2D eigenvalue weighted by Gasteiger charge is 2.15. The Hall–Kier alpha value is -1.88. The van der Waals surface area contributed by atoms with Gasteiger partial charge in [-0.25, -0.2) is 4.98 Å². The summed E-state index contributed by atoms with van der Waals surface area (Å²) in [6.07, 6.45) is 2.38. The van der Waals surface area contributed by atoms with Crippen molar-refractivity contribution in [1.29, 1.82) is 0 Å². The van der Waals surface area contributed by atoms with Crippen LogP contribution in [-0.2, 0) is 0 Å². The molecule has 0 saturated heterocycles. The third-order valence-electron chi connectivity index (χ3n) is 2.96. The Morgan fingerprint density at radius 3 is 2.71 bits per heavy atom. The summed E-state index contributed by atoms with van der Waals surface area (Å²) >= 11 is 3.34. The molecule has 0 spiro atoms. The zero-order valence-electron chi connectivity index (χ0n) is 11.8. The van der Waals surface area contributed by atoms with Gasteiger partial charge in [0.2, 0.25) is 0 Å². The van der Waals surface area contributed by atoms with Gasteiger partial charge in [0.25, 0.3) is 5.91 Å². The molecule has 0 aliphatic carbocycles. The third-order valence-corrected chi connectivity index (χ3v) is 3.60. The second-order valence-corrected chi connectivity index (χ2v) is 5.43. The predicted octanol–water partition coefficient (Wildman–Crippen LogP) is 3.39. The fraction of sp³-hybridized carbons (Fsp3) is 0.250. The minimum absolute atomic E-state index is 0.0952. The number of aromatic nitrogens is 1. The van der Waals surface area contributed by atoms with E-state index in [9.17, 15) is 4.79 Å². The zero-order chi connectivity index (χ0) is 15.1. The van der Waals surface area contributed by atoms with Crippen molar-refractivity contribution >= 4 is 21.8 Å². The number of carbonyl (C=O) groups excluding carboxylic acids is 1. The fourth-order valence-corrected chi connectivity index (χ4v) is 2.26. The lowest BCUT2D eigenvalue weighted by atomic mass is 10.3. The molecule has 1 heterocycles. The number of rotatable bonds is 6. The molecule has 0 aliphatic heterocycles. The van der Waals surface area contributed by atoms with Gasteiger partial charge < -0.3 is 9.64 Å². The van der Waals surface area contributed by atoms with Gasteiger partial charge in [-0.05, 0) is 46.6 Å². The summed E-state index contributed by atoms with van der Waals surface area (Å²) in [6.45, 7) is 1.19. The maximum absolute atomic E-state index is 12.2. The van der Waals surface area contributed by atoms with Crippen molar-refractivity contribution in [2.75, 3.05) is 20.2 Å². The molecule has 0 radical (unpaired) electrons. The number of ether oxygens (including phenoxy) is 1. The van der Waals surface area contributed by atoms with Crippen molar-refractivity contribution in [3.05, 3.63) is 58.8 Å². The molecule has 1 aromatic carbocycles. The van der Waals surface area contributed by atoms with Crippen LogP contribution in [0.4, 0.5) is 0 Å². The van der Waals surface area contributed by atoms with E-state index < -0.39 is 0 Å². The van der Waals surface area contributed by atoms with Crippen LogP contribution in [0, 0.1) is 0 Å². The van der Waals surface area contributed by atoms with Crippen molar-refractivity contribution in [2.24, 2.45) is 0 Å². The minimum atomic E-state index is -0.0952. The Morgan fingerprint density at radius 2 is 2.00 bits per heavy atom. The first-order valence-corrected chi connectivity index (χ1v) is 7.51. The molecule has 21 heavy (non-hydrogen) atoms. The van der Waals surface area contributed by atoms with Crippen molar-refractivity contribution in [1.82, 2.24) is 9.88 Å². The average Bonchev–Trinajstić information content (AvgIpc) is 2.52. The molecule has 0 aliphatic rings. The van der Waals surface area contributed by atoms with Crippen LogP contribution in [0.15, 0.2) is 53.1 Å². The Bertz CT molecular complexity index is 590. The van der Waals surface area contributed by atoms with Gasteiger partial charge in [-0.15, -0.1) is 0 Å². The summed E-state index contributed by atoms with van der Waals surface area (Å²) in [5.41, 5.74) is 0.434. The normalized spacial score (nSPS) is 10.2. The Balaban J connectivity index is 1.78. The second-order valence-electron chi connectivity index (χ2n) is 4.58. The standard InChI is InChI=1S/C16H17BrN2O2/c1-19(16(20)15-14(17)9-5-10-18-15)11-6-12-21-13-7-3-2-4-8-13/h2-5,7-10H,6,11-12H2,1H3. The lowest BCUT2D eigenvalue weighted by Crippen LogP contribution is -2.29.